The van der Waals surface area contributed by atoms with Gasteiger partial charge in [0.1, 0.15) is 78.0 Å². The van der Waals surface area contributed by atoms with Gasteiger partial charge in [-0.05, 0) is 105 Å². The lowest BCUT2D eigenvalue weighted by Gasteiger charge is -2.29. The second-order valence-electron chi connectivity index (χ2n) is 26.8. The van der Waals surface area contributed by atoms with E-state index in [1.807, 2.05) is 0 Å². The number of nitrogens with one attached hydrogen (secondary N) is 15. The summed E-state index contributed by atoms with van der Waals surface area (Å²) in [5, 5.41) is 85.0. The molecule has 112 heavy (non-hydrogen) atoms. The number of unbranched alkanes of at least 4 members (excludes halogenated alkanes) is 1. The van der Waals surface area contributed by atoms with Crippen LogP contribution < -0.4 is 75.3 Å². The lowest BCUT2D eigenvalue weighted by atomic mass is 10.0. The number of benzene rings is 4. The highest BCUT2D eigenvalue weighted by Crippen LogP contribution is 2.23. The summed E-state index contributed by atoms with van der Waals surface area (Å²) in [6, 6.07) is 7.17. The van der Waals surface area contributed by atoms with Crippen LogP contribution in [-0.4, -0.2) is 232 Å². The van der Waals surface area contributed by atoms with Gasteiger partial charge in [-0.2, -0.15) is 25.3 Å². The number of rotatable bonds is 43. The van der Waals surface area contributed by atoms with Crippen LogP contribution in [0.4, 0.5) is 0 Å². The Morgan fingerprint density at radius 1 is 0.429 bits per heavy atom. The van der Waals surface area contributed by atoms with Crippen molar-refractivity contribution in [3.8, 4) is 11.5 Å². The molecule has 0 saturated heterocycles. The van der Waals surface area contributed by atoms with Gasteiger partial charge in [0.15, 0.2) is 0 Å². The summed E-state index contributed by atoms with van der Waals surface area (Å²) in [6.07, 6.45) is -0.113. The first-order chi connectivity index (χ1) is 53.4. The Bertz CT molecular complexity index is 4410. The number of para-hydroxylation sites is 2. The van der Waals surface area contributed by atoms with Crippen LogP contribution in [0.15, 0.2) is 122 Å². The standard InChI is InChI=1S/C74H96N18O18S2/c1-37(93)61(90-65(101)52(15-9-10-24-75)83-70(106)58(34-111)82-40(4)96)73(109)88-56(28-44-31-79-51-14-8-6-12-49(44)51)68(104)91-63(39(3)95)74(110)89-59(35-112)71(107)84-54(26-42-18-22-47(98)23-19-42)66(102)85-55(27-43-30-78-50-13-7-5-11-48(43)50)67(103)86-57(29-45-32-77-36-81-45)69(105)92-62(38(2)94)72(108)87-53(64(100)80-33-60(76)99)25-41-16-20-46(97)21-17-41/h5-8,11-14,16-23,30-32,36-39,52-59,61-63,78-79,93-95,97-98,111-112H,9-10,15,24-29,33-35,75H2,1-4H3,(H2,76,99)(H,77,81)(H,80,100)(H,82,96)(H,83,106)(H,84,107)(H,85,102)(H,86,103)(H,87,108)(H,88,109)(H,89,110)(H,90,101)(H,91,104)(H,92,105)/t37-,38-,39-,52+,53+,54+,55+,56+,57+,58+,59+,61+,62+,63+/m1/s1. The van der Waals surface area contributed by atoms with Gasteiger partial charge in [-0.3, -0.25) is 62.3 Å². The molecule has 0 saturated carbocycles. The van der Waals surface area contributed by atoms with Crippen molar-refractivity contribution in [3.05, 3.63) is 150 Å². The molecule has 0 fully saturated rings. The maximum Gasteiger partial charge on any atom is 0.245 e. The highest BCUT2D eigenvalue weighted by atomic mass is 32.1. The number of phenols is 2. The van der Waals surface area contributed by atoms with Crippen molar-refractivity contribution in [1.82, 2.24) is 83.7 Å². The lowest BCUT2D eigenvalue weighted by molar-refractivity contribution is -0.137. The first kappa shape index (κ1) is 87.6. The molecule has 0 radical (unpaired) electrons. The summed E-state index contributed by atoms with van der Waals surface area (Å²) in [4.78, 5) is 195. The molecule has 14 atom stereocenters. The van der Waals surface area contributed by atoms with Crippen molar-refractivity contribution < 1.29 is 87.9 Å². The molecule has 24 N–H and O–H groups in total. The molecule has 3 heterocycles. The largest absolute Gasteiger partial charge is 0.508 e. The maximum atomic E-state index is 15.2. The van der Waals surface area contributed by atoms with Crippen LogP contribution in [0, 0.1) is 0 Å². The minimum absolute atomic E-state index is 0.00160. The van der Waals surface area contributed by atoms with Gasteiger partial charge in [0.25, 0.3) is 0 Å². The quantitative estimate of drug-likeness (QED) is 0.0130. The minimum atomic E-state index is -1.92. The number of primary amides is 1. The van der Waals surface area contributed by atoms with Crippen molar-refractivity contribution in [2.24, 2.45) is 11.5 Å². The van der Waals surface area contributed by atoms with Crippen LogP contribution in [0.1, 0.15) is 74.9 Å². The zero-order valence-electron chi connectivity index (χ0n) is 61.7. The summed E-state index contributed by atoms with van der Waals surface area (Å²) >= 11 is 8.51. The molecule has 7 aromatic rings. The number of imidazole rings is 1. The van der Waals surface area contributed by atoms with Gasteiger partial charge in [0, 0.05) is 96.6 Å². The number of H-pyrrole nitrogens is 3. The minimum Gasteiger partial charge on any atom is -0.508 e. The molecule has 36 nitrogen and oxygen atoms in total. The van der Waals surface area contributed by atoms with Gasteiger partial charge in [-0.1, -0.05) is 60.7 Å². The fraction of sp³-hybridized carbons (Fsp3) is 0.405. The monoisotopic (exact) mass is 1590 g/mol. The Morgan fingerprint density at radius 2 is 0.786 bits per heavy atom. The number of aromatic hydroxyl groups is 2. The molecule has 4 aromatic carbocycles. The number of nitrogens with two attached hydrogens (primary N) is 2. The average molecular weight is 1590 g/mol. The fourth-order valence-corrected chi connectivity index (χ4v) is 12.5. The first-order valence-electron chi connectivity index (χ1n) is 35.8. The number of fused-ring (bicyclic) bond motifs is 2. The smallest absolute Gasteiger partial charge is 0.245 e. The van der Waals surface area contributed by atoms with E-state index in [1.54, 1.807) is 60.9 Å². The first-order valence-corrected chi connectivity index (χ1v) is 37.1. The molecule has 0 bridgehead atoms. The van der Waals surface area contributed by atoms with Crippen molar-refractivity contribution in [2.45, 2.75) is 164 Å². The van der Waals surface area contributed by atoms with E-state index < -0.39 is 174 Å². The summed E-state index contributed by atoms with van der Waals surface area (Å²) in [5.41, 5.74) is 14.2. The van der Waals surface area contributed by atoms with Crippen LogP contribution in [0.2, 0.25) is 0 Å². The van der Waals surface area contributed by atoms with E-state index in [0.29, 0.717) is 56.9 Å². The predicted octanol–water partition coefficient (Wildman–Crippen LogP) is -3.62. The van der Waals surface area contributed by atoms with E-state index >= 15 is 9.59 Å². The van der Waals surface area contributed by atoms with E-state index in [0.717, 1.165) is 6.92 Å². The number of carbonyl (C=O) groups excluding carboxylic acids is 13. The molecular formula is C74H96N18O18S2. The number of hydrogen-bond acceptors (Lipinski definition) is 22. The van der Waals surface area contributed by atoms with Crippen LogP contribution in [0.3, 0.4) is 0 Å². The van der Waals surface area contributed by atoms with Crippen molar-refractivity contribution in [1.29, 1.82) is 0 Å². The number of nitrogens with zero attached hydrogens (tertiary/aromatic N) is 1. The normalized spacial score (nSPS) is 15.0. The van der Waals surface area contributed by atoms with E-state index in [1.165, 1.54) is 81.8 Å². The molecule has 0 aliphatic rings. The molecule has 602 valence electrons. The molecule has 0 unspecified atom stereocenters. The van der Waals surface area contributed by atoms with E-state index in [4.69, 9.17) is 11.5 Å². The number of phenolic OH excluding ortho intramolecular Hbond substituents is 2. The number of aromatic nitrogens is 4. The third kappa shape index (κ3) is 26.0. The topological polar surface area (TPSA) is 580 Å². The van der Waals surface area contributed by atoms with Gasteiger partial charge in [-0.25, -0.2) is 4.98 Å². The number of aromatic amines is 3. The fourth-order valence-electron chi connectivity index (χ4n) is 12.0. The molecule has 0 aliphatic carbocycles. The Morgan fingerprint density at radius 3 is 1.18 bits per heavy atom. The highest BCUT2D eigenvalue weighted by molar-refractivity contribution is 7.80. The van der Waals surface area contributed by atoms with Crippen LogP contribution in [-0.2, 0) is 94.4 Å². The molecule has 13 amide bonds. The summed E-state index contributed by atoms with van der Waals surface area (Å²) in [6.45, 7) is 4.29. The predicted molar refractivity (Wildman–Crippen MR) is 415 cm³/mol. The van der Waals surface area contributed by atoms with Crippen molar-refractivity contribution in [3.63, 3.8) is 0 Å². The Hall–Kier alpha value is -11.6. The molecule has 0 aliphatic heterocycles. The highest BCUT2D eigenvalue weighted by Gasteiger charge is 2.39. The number of thiol groups is 2. The van der Waals surface area contributed by atoms with Crippen molar-refractivity contribution in [2.75, 3.05) is 24.6 Å². The Kier molecular flexibility index (Phi) is 33.3. The third-order valence-electron chi connectivity index (χ3n) is 18.0. The van der Waals surface area contributed by atoms with Crippen LogP contribution in [0.5, 0.6) is 11.5 Å². The Labute approximate surface area is 653 Å². The number of amides is 13. The summed E-state index contributed by atoms with van der Waals surface area (Å²) < 4.78 is 0. The van der Waals surface area contributed by atoms with Gasteiger partial charge < -0.3 is 116 Å². The summed E-state index contributed by atoms with van der Waals surface area (Å²) in [7, 11) is 0. The van der Waals surface area contributed by atoms with E-state index in [9.17, 15) is 78.3 Å². The lowest BCUT2D eigenvalue weighted by Crippen LogP contribution is -2.63. The zero-order chi connectivity index (χ0) is 81.9. The van der Waals surface area contributed by atoms with Crippen LogP contribution >= 0.6 is 25.3 Å². The second kappa shape index (κ2) is 42.6. The molecule has 0 spiro atoms. The van der Waals surface area contributed by atoms with E-state index in [2.05, 4.69) is 109 Å². The van der Waals surface area contributed by atoms with Gasteiger partial charge >= 0.3 is 0 Å². The molecular weight excluding hydrogens is 1490 g/mol. The maximum absolute atomic E-state index is 15.2. The van der Waals surface area contributed by atoms with Crippen molar-refractivity contribution >= 4 is 124 Å². The van der Waals surface area contributed by atoms with E-state index in [-0.39, 0.29) is 68.0 Å². The van der Waals surface area contributed by atoms with Gasteiger partial charge in [-0.15, -0.1) is 0 Å². The third-order valence-corrected chi connectivity index (χ3v) is 18.7. The average Bonchev–Trinajstić information content (AvgIpc) is 1.64. The summed E-state index contributed by atoms with van der Waals surface area (Å²) in [5.74, 6) is -13.6. The van der Waals surface area contributed by atoms with Gasteiger partial charge in [0.2, 0.25) is 76.8 Å². The molecule has 3 aromatic heterocycles. The number of aliphatic hydroxyl groups excluding tert-OH is 3. The number of carbonyl (C=O) groups is 13. The Balaban J connectivity index is 1.14. The SMILES string of the molecule is CC(=O)N[C@@H](CS)C(=O)N[C@@H](CCCCN)C(=O)N[C@H](C(=O)N[C@@H](Cc1c[nH]c2ccccc12)C(=O)N[C@H](C(=O)N[C@@H](CS)C(=O)N[C@@H](Cc1ccc(O)cc1)C(=O)N[C@@H](Cc1c[nH]c2ccccc12)C(=O)N[C@@H](Cc1cnc[nH]1)C(=O)N[C@H](C(=O)N[C@@H](Cc1ccc(O)cc1)C(=O)NCC(N)=O)[C@@H](C)O)[C@@H](C)O)[C@@H](C)O. The zero-order valence-corrected chi connectivity index (χ0v) is 63.4. The van der Waals surface area contributed by atoms with Gasteiger partial charge in [0.05, 0.1) is 31.2 Å². The number of hydrogen-bond donors (Lipinski definition) is 24. The molecule has 7 rings (SSSR count). The second-order valence-corrected chi connectivity index (χ2v) is 27.6. The van der Waals surface area contributed by atoms with Crippen LogP contribution in [0.25, 0.3) is 21.8 Å². The number of aliphatic hydroxyl groups is 3. The molecule has 38 heteroatoms.